The van der Waals surface area contributed by atoms with Gasteiger partial charge in [0.1, 0.15) is 11.5 Å². The molecule has 0 fully saturated rings. The van der Waals surface area contributed by atoms with Crippen molar-refractivity contribution in [2.75, 3.05) is 0 Å². The summed E-state index contributed by atoms with van der Waals surface area (Å²) in [5, 5.41) is 0. The molecule has 4 nitrogen and oxygen atoms in total. The molecule has 0 aliphatic carbocycles. The average molecular weight is 270 g/mol. The molecule has 20 heavy (non-hydrogen) atoms. The van der Waals surface area contributed by atoms with Crippen molar-refractivity contribution < 1.29 is 9.53 Å². The maximum absolute atomic E-state index is 11.0. The number of hydrogen-bond acceptors (Lipinski definition) is 3. The number of ether oxygens (including phenoxy) is 1. The Labute approximate surface area is 118 Å². The van der Waals surface area contributed by atoms with Gasteiger partial charge in [0.25, 0.3) is 0 Å². The normalized spacial score (nSPS) is 11.9. The summed E-state index contributed by atoms with van der Waals surface area (Å²) in [5.74, 6) is 0.956. The van der Waals surface area contributed by atoms with E-state index in [0.29, 0.717) is 11.3 Å². The first-order chi connectivity index (χ1) is 9.54. The molecule has 0 aliphatic rings. The summed E-state index contributed by atoms with van der Waals surface area (Å²) in [6.07, 6.45) is 0.841. The van der Waals surface area contributed by atoms with Crippen LogP contribution in [0.2, 0.25) is 0 Å². The summed E-state index contributed by atoms with van der Waals surface area (Å²) >= 11 is 0. The Bertz CT molecular complexity index is 574. The van der Waals surface area contributed by atoms with Crippen LogP contribution in [0.5, 0.6) is 11.5 Å². The van der Waals surface area contributed by atoms with Crippen LogP contribution in [0.15, 0.2) is 48.5 Å². The van der Waals surface area contributed by atoms with E-state index >= 15 is 0 Å². The molecule has 0 bridgehead atoms. The molecule has 0 spiro atoms. The van der Waals surface area contributed by atoms with Gasteiger partial charge in [-0.25, -0.2) is 0 Å². The van der Waals surface area contributed by atoms with Crippen LogP contribution in [0.1, 0.15) is 22.8 Å². The standard InChI is InChI=1S/C16H18N2O2/c1-11(17)10-12-2-6-14(7-3-12)20-15-8-4-13(5-9-15)16(18)19/h2-9,11H,10,17H2,1H3,(H2,18,19)/t11-/m1/s1. The minimum absolute atomic E-state index is 0.142. The Balaban J connectivity index is 2.04. The molecule has 0 radical (unpaired) electrons. The van der Waals surface area contributed by atoms with Gasteiger partial charge in [0.2, 0.25) is 5.91 Å². The quantitative estimate of drug-likeness (QED) is 0.876. The molecule has 2 aromatic carbocycles. The lowest BCUT2D eigenvalue weighted by Crippen LogP contribution is -2.17. The lowest BCUT2D eigenvalue weighted by molar-refractivity contribution is 0.100. The maximum atomic E-state index is 11.0. The highest BCUT2D eigenvalue weighted by atomic mass is 16.5. The van der Waals surface area contributed by atoms with Crippen molar-refractivity contribution in [3.8, 4) is 11.5 Å². The maximum Gasteiger partial charge on any atom is 0.248 e. The summed E-state index contributed by atoms with van der Waals surface area (Å²) in [6.45, 7) is 1.98. The van der Waals surface area contributed by atoms with Gasteiger partial charge in [0.05, 0.1) is 0 Å². The summed E-state index contributed by atoms with van der Waals surface area (Å²) < 4.78 is 5.69. The highest BCUT2D eigenvalue weighted by Crippen LogP contribution is 2.22. The predicted molar refractivity (Wildman–Crippen MR) is 78.8 cm³/mol. The van der Waals surface area contributed by atoms with Crippen LogP contribution in [0.3, 0.4) is 0 Å². The Morgan fingerprint density at radius 1 is 1.05 bits per heavy atom. The van der Waals surface area contributed by atoms with E-state index in [4.69, 9.17) is 16.2 Å². The van der Waals surface area contributed by atoms with Gasteiger partial charge >= 0.3 is 0 Å². The molecule has 0 aromatic heterocycles. The van der Waals surface area contributed by atoms with Gasteiger partial charge in [-0.15, -0.1) is 0 Å². The van der Waals surface area contributed by atoms with Crippen LogP contribution in [0.4, 0.5) is 0 Å². The molecular weight excluding hydrogens is 252 g/mol. The lowest BCUT2D eigenvalue weighted by Gasteiger charge is -2.08. The molecule has 4 heteroatoms. The number of carbonyl (C=O) groups is 1. The van der Waals surface area contributed by atoms with E-state index < -0.39 is 5.91 Å². The summed E-state index contributed by atoms with van der Waals surface area (Å²) in [4.78, 5) is 11.0. The van der Waals surface area contributed by atoms with Crippen molar-refractivity contribution in [3.05, 3.63) is 59.7 Å². The van der Waals surface area contributed by atoms with Crippen LogP contribution in [-0.2, 0) is 6.42 Å². The predicted octanol–water partition coefficient (Wildman–Crippen LogP) is 2.47. The molecule has 2 aromatic rings. The average Bonchev–Trinajstić information content (AvgIpc) is 2.41. The summed E-state index contributed by atoms with van der Waals surface area (Å²) in [5.41, 5.74) is 12.6. The minimum atomic E-state index is -0.447. The van der Waals surface area contributed by atoms with Gasteiger partial charge in [-0.2, -0.15) is 0 Å². The zero-order chi connectivity index (χ0) is 14.5. The monoisotopic (exact) mass is 270 g/mol. The van der Waals surface area contributed by atoms with Crippen LogP contribution in [0, 0.1) is 0 Å². The van der Waals surface area contributed by atoms with E-state index in [9.17, 15) is 4.79 Å². The Morgan fingerprint density at radius 2 is 1.55 bits per heavy atom. The smallest absolute Gasteiger partial charge is 0.248 e. The minimum Gasteiger partial charge on any atom is -0.457 e. The molecule has 0 heterocycles. The molecule has 104 valence electrons. The SMILES string of the molecule is C[C@@H](N)Cc1ccc(Oc2ccc(C(N)=O)cc2)cc1. The van der Waals surface area contributed by atoms with Gasteiger partial charge in [-0.05, 0) is 55.3 Å². The molecule has 4 N–H and O–H groups in total. The number of amides is 1. The summed E-state index contributed by atoms with van der Waals surface area (Å²) in [6, 6.07) is 14.7. The Kier molecular flexibility index (Phi) is 4.38. The molecule has 1 atom stereocenters. The van der Waals surface area contributed by atoms with E-state index in [1.54, 1.807) is 24.3 Å². The fourth-order valence-electron chi connectivity index (χ4n) is 1.89. The van der Waals surface area contributed by atoms with E-state index in [1.165, 1.54) is 5.56 Å². The van der Waals surface area contributed by atoms with Gasteiger partial charge in [-0.1, -0.05) is 12.1 Å². The fourth-order valence-corrected chi connectivity index (χ4v) is 1.89. The van der Waals surface area contributed by atoms with Gasteiger partial charge < -0.3 is 16.2 Å². The third-order valence-corrected chi connectivity index (χ3v) is 2.86. The zero-order valence-electron chi connectivity index (χ0n) is 11.4. The van der Waals surface area contributed by atoms with Crippen LogP contribution in [0.25, 0.3) is 0 Å². The van der Waals surface area contributed by atoms with E-state index in [0.717, 1.165) is 12.2 Å². The molecule has 0 saturated carbocycles. The molecule has 0 saturated heterocycles. The number of rotatable bonds is 5. The lowest BCUT2D eigenvalue weighted by atomic mass is 10.1. The van der Waals surface area contributed by atoms with Crippen molar-refractivity contribution in [1.29, 1.82) is 0 Å². The van der Waals surface area contributed by atoms with Crippen molar-refractivity contribution >= 4 is 5.91 Å². The molecule has 1 amide bonds. The molecule has 0 unspecified atom stereocenters. The first kappa shape index (κ1) is 14.1. The number of hydrogen-bond donors (Lipinski definition) is 2. The third-order valence-electron chi connectivity index (χ3n) is 2.86. The summed E-state index contributed by atoms with van der Waals surface area (Å²) in [7, 11) is 0. The van der Waals surface area contributed by atoms with Gasteiger partial charge in [0, 0.05) is 11.6 Å². The topological polar surface area (TPSA) is 78.3 Å². The Morgan fingerprint density at radius 3 is 2.00 bits per heavy atom. The van der Waals surface area contributed by atoms with Crippen LogP contribution >= 0.6 is 0 Å². The van der Waals surface area contributed by atoms with E-state index in [2.05, 4.69) is 0 Å². The van der Waals surface area contributed by atoms with Gasteiger partial charge in [0.15, 0.2) is 0 Å². The Hall–Kier alpha value is -2.33. The van der Waals surface area contributed by atoms with Crippen molar-refractivity contribution in [2.45, 2.75) is 19.4 Å². The molecular formula is C16H18N2O2. The first-order valence-corrected chi connectivity index (χ1v) is 6.47. The number of nitrogens with two attached hydrogens (primary N) is 2. The van der Waals surface area contributed by atoms with Gasteiger partial charge in [-0.3, -0.25) is 4.79 Å². The highest BCUT2D eigenvalue weighted by Gasteiger charge is 2.02. The second kappa shape index (κ2) is 6.21. The molecule has 0 aliphatic heterocycles. The van der Waals surface area contributed by atoms with E-state index in [1.807, 2.05) is 31.2 Å². The number of primary amides is 1. The number of carbonyl (C=O) groups excluding carboxylic acids is 1. The van der Waals surface area contributed by atoms with E-state index in [-0.39, 0.29) is 6.04 Å². The highest BCUT2D eigenvalue weighted by molar-refractivity contribution is 5.92. The fraction of sp³-hybridized carbons (Fsp3) is 0.188. The van der Waals surface area contributed by atoms with Crippen molar-refractivity contribution in [2.24, 2.45) is 11.5 Å². The molecule has 2 rings (SSSR count). The third kappa shape index (κ3) is 3.83. The second-order valence-corrected chi connectivity index (χ2v) is 4.82. The van der Waals surface area contributed by atoms with Crippen LogP contribution < -0.4 is 16.2 Å². The second-order valence-electron chi connectivity index (χ2n) is 4.82. The first-order valence-electron chi connectivity index (χ1n) is 6.47. The van der Waals surface area contributed by atoms with Crippen molar-refractivity contribution in [1.82, 2.24) is 0 Å². The van der Waals surface area contributed by atoms with Crippen molar-refractivity contribution in [3.63, 3.8) is 0 Å². The number of benzene rings is 2. The van der Waals surface area contributed by atoms with Crippen LogP contribution in [-0.4, -0.2) is 11.9 Å². The zero-order valence-corrected chi connectivity index (χ0v) is 11.4. The largest absolute Gasteiger partial charge is 0.457 e.